The Kier molecular flexibility index (Phi) is 4.70. The van der Waals surface area contributed by atoms with Crippen LogP contribution in [0.3, 0.4) is 0 Å². The van der Waals surface area contributed by atoms with Gasteiger partial charge in [-0.05, 0) is 55.7 Å². The Morgan fingerprint density at radius 3 is 2.39 bits per heavy atom. The Balaban J connectivity index is 1.88. The lowest BCUT2D eigenvalue weighted by atomic mass is 9.92. The SMILES string of the molecule is Cc1ccnc(NC(c2ccc(C)cc2C)c2ccc3cccnc3c2O)c1. The number of aromatic nitrogens is 2. The van der Waals surface area contributed by atoms with Crippen molar-refractivity contribution in [1.29, 1.82) is 0 Å². The Morgan fingerprint density at radius 1 is 0.821 bits per heavy atom. The molecule has 1 atom stereocenters. The molecule has 0 aliphatic heterocycles. The second kappa shape index (κ2) is 7.31. The molecular weight excluding hydrogens is 346 g/mol. The van der Waals surface area contributed by atoms with Gasteiger partial charge in [0.05, 0.1) is 6.04 Å². The number of nitrogens with zero attached hydrogens (tertiary/aromatic N) is 2. The predicted octanol–water partition coefficient (Wildman–Crippen LogP) is 5.46. The van der Waals surface area contributed by atoms with E-state index in [9.17, 15) is 5.11 Å². The van der Waals surface area contributed by atoms with Crippen LogP contribution in [0.5, 0.6) is 5.75 Å². The van der Waals surface area contributed by atoms with E-state index in [4.69, 9.17) is 0 Å². The van der Waals surface area contributed by atoms with Gasteiger partial charge >= 0.3 is 0 Å². The zero-order valence-corrected chi connectivity index (χ0v) is 16.3. The molecule has 0 saturated carbocycles. The minimum Gasteiger partial charge on any atom is -0.505 e. The van der Waals surface area contributed by atoms with Crippen LogP contribution in [-0.4, -0.2) is 15.1 Å². The number of phenols is 1. The molecule has 4 nitrogen and oxygen atoms in total. The lowest BCUT2D eigenvalue weighted by Gasteiger charge is -2.24. The molecule has 4 heteroatoms. The zero-order chi connectivity index (χ0) is 19.7. The van der Waals surface area contributed by atoms with Crippen molar-refractivity contribution in [2.45, 2.75) is 26.8 Å². The summed E-state index contributed by atoms with van der Waals surface area (Å²) in [5.41, 5.74) is 5.97. The monoisotopic (exact) mass is 369 g/mol. The second-order valence-electron chi connectivity index (χ2n) is 7.23. The van der Waals surface area contributed by atoms with E-state index in [2.05, 4.69) is 47.3 Å². The first-order valence-electron chi connectivity index (χ1n) is 9.36. The summed E-state index contributed by atoms with van der Waals surface area (Å²) in [6.07, 6.45) is 3.49. The summed E-state index contributed by atoms with van der Waals surface area (Å²) in [4.78, 5) is 8.84. The highest BCUT2D eigenvalue weighted by Gasteiger charge is 2.22. The van der Waals surface area contributed by atoms with Crippen LogP contribution in [-0.2, 0) is 0 Å². The largest absolute Gasteiger partial charge is 0.505 e. The molecule has 4 aromatic rings. The van der Waals surface area contributed by atoms with Gasteiger partial charge in [-0.25, -0.2) is 4.98 Å². The molecule has 2 heterocycles. The molecule has 0 fully saturated rings. The van der Waals surface area contributed by atoms with Crippen LogP contribution in [0.25, 0.3) is 10.9 Å². The average Bonchev–Trinajstić information content (AvgIpc) is 2.67. The van der Waals surface area contributed by atoms with Crippen molar-refractivity contribution in [3.8, 4) is 5.75 Å². The average molecular weight is 369 g/mol. The first-order chi connectivity index (χ1) is 13.5. The highest BCUT2D eigenvalue weighted by Crippen LogP contribution is 2.37. The summed E-state index contributed by atoms with van der Waals surface area (Å²) in [5.74, 6) is 0.966. The van der Waals surface area contributed by atoms with Crippen LogP contribution >= 0.6 is 0 Å². The van der Waals surface area contributed by atoms with Crippen LogP contribution in [0.1, 0.15) is 33.9 Å². The van der Waals surface area contributed by atoms with E-state index in [1.807, 2.05) is 43.3 Å². The van der Waals surface area contributed by atoms with Crippen LogP contribution in [0.15, 0.2) is 67.0 Å². The van der Waals surface area contributed by atoms with Gasteiger partial charge in [0.15, 0.2) is 0 Å². The van der Waals surface area contributed by atoms with E-state index >= 15 is 0 Å². The van der Waals surface area contributed by atoms with Gasteiger partial charge in [-0.3, -0.25) is 4.98 Å². The van der Waals surface area contributed by atoms with Gasteiger partial charge in [0.25, 0.3) is 0 Å². The van der Waals surface area contributed by atoms with Crippen molar-refractivity contribution in [1.82, 2.24) is 9.97 Å². The molecule has 140 valence electrons. The lowest BCUT2D eigenvalue weighted by molar-refractivity contribution is 0.471. The summed E-state index contributed by atoms with van der Waals surface area (Å²) in [7, 11) is 0. The van der Waals surface area contributed by atoms with Crippen molar-refractivity contribution < 1.29 is 5.11 Å². The number of rotatable bonds is 4. The molecular formula is C24H23N3O. The molecule has 0 aliphatic rings. The fourth-order valence-electron chi connectivity index (χ4n) is 3.61. The minimum atomic E-state index is -0.249. The van der Waals surface area contributed by atoms with E-state index in [1.165, 1.54) is 5.56 Å². The number of aryl methyl sites for hydroxylation is 3. The first-order valence-corrected chi connectivity index (χ1v) is 9.36. The molecule has 4 rings (SSSR count). The number of nitrogens with one attached hydrogen (secondary N) is 1. The third-order valence-electron chi connectivity index (χ3n) is 5.03. The molecule has 0 radical (unpaired) electrons. The molecule has 0 aliphatic carbocycles. The number of hydrogen-bond donors (Lipinski definition) is 2. The van der Waals surface area contributed by atoms with Gasteiger partial charge in [-0.2, -0.15) is 0 Å². The third kappa shape index (κ3) is 3.41. The van der Waals surface area contributed by atoms with Crippen molar-refractivity contribution in [2.24, 2.45) is 0 Å². The Labute approximate surface area is 164 Å². The fraction of sp³-hybridized carbons (Fsp3) is 0.167. The Bertz CT molecular complexity index is 1150. The lowest BCUT2D eigenvalue weighted by Crippen LogP contribution is -2.15. The van der Waals surface area contributed by atoms with Gasteiger partial charge in [0.1, 0.15) is 17.1 Å². The Morgan fingerprint density at radius 2 is 1.61 bits per heavy atom. The molecule has 28 heavy (non-hydrogen) atoms. The quantitative estimate of drug-likeness (QED) is 0.501. The molecule has 0 saturated heterocycles. The summed E-state index contributed by atoms with van der Waals surface area (Å²) < 4.78 is 0. The standard InChI is InChI=1S/C24H23N3O/c1-15-6-8-19(17(3)13-15)23(27-21-14-16(2)10-12-25-21)20-9-7-18-5-4-11-26-22(18)24(20)28/h4-14,23,28H,1-3H3,(H,25,27). The third-order valence-corrected chi connectivity index (χ3v) is 5.03. The van der Waals surface area contributed by atoms with Crippen LogP contribution < -0.4 is 5.32 Å². The van der Waals surface area contributed by atoms with Crippen molar-refractivity contribution in [3.05, 3.63) is 94.8 Å². The number of anilines is 1. The van der Waals surface area contributed by atoms with E-state index in [-0.39, 0.29) is 11.8 Å². The van der Waals surface area contributed by atoms with Gasteiger partial charge in [0, 0.05) is 23.3 Å². The summed E-state index contributed by atoms with van der Waals surface area (Å²) in [6.45, 7) is 6.21. The number of aromatic hydroxyl groups is 1. The zero-order valence-electron chi connectivity index (χ0n) is 16.3. The van der Waals surface area contributed by atoms with E-state index in [0.717, 1.165) is 33.5 Å². The van der Waals surface area contributed by atoms with Gasteiger partial charge in [0.2, 0.25) is 0 Å². The molecule has 2 N–H and O–H groups in total. The number of hydrogen-bond acceptors (Lipinski definition) is 4. The first kappa shape index (κ1) is 18.0. The van der Waals surface area contributed by atoms with Crippen molar-refractivity contribution in [2.75, 3.05) is 5.32 Å². The maximum Gasteiger partial charge on any atom is 0.147 e. The smallest absolute Gasteiger partial charge is 0.147 e. The molecule has 1 unspecified atom stereocenters. The maximum atomic E-state index is 11.0. The molecule has 0 spiro atoms. The fourth-order valence-corrected chi connectivity index (χ4v) is 3.61. The van der Waals surface area contributed by atoms with E-state index in [0.29, 0.717) is 5.52 Å². The van der Waals surface area contributed by atoms with Crippen LogP contribution in [0.2, 0.25) is 0 Å². The van der Waals surface area contributed by atoms with E-state index in [1.54, 1.807) is 12.4 Å². The topological polar surface area (TPSA) is 58.0 Å². The number of phenolic OH excluding ortho intramolecular Hbond substituents is 1. The summed E-state index contributed by atoms with van der Waals surface area (Å²) in [5, 5.41) is 15.5. The molecule has 0 bridgehead atoms. The number of benzene rings is 2. The Hall–Kier alpha value is -3.40. The predicted molar refractivity (Wildman–Crippen MR) is 114 cm³/mol. The molecule has 2 aromatic carbocycles. The highest BCUT2D eigenvalue weighted by atomic mass is 16.3. The van der Waals surface area contributed by atoms with Crippen LogP contribution in [0.4, 0.5) is 5.82 Å². The van der Waals surface area contributed by atoms with Gasteiger partial charge in [-0.15, -0.1) is 0 Å². The minimum absolute atomic E-state index is 0.197. The summed E-state index contributed by atoms with van der Waals surface area (Å²) in [6, 6.07) is 17.9. The highest BCUT2D eigenvalue weighted by molar-refractivity contribution is 5.86. The van der Waals surface area contributed by atoms with Crippen molar-refractivity contribution >= 4 is 16.7 Å². The van der Waals surface area contributed by atoms with Crippen LogP contribution in [0, 0.1) is 20.8 Å². The molecule has 0 amide bonds. The van der Waals surface area contributed by atoms with Crippen molar-refractivity contribution in [3.63, 3.8) is 0 Å². The number of pyridine rings is 2. The molecule has 2 aromatic heterocycles. The van der Waals surface area contributed by atoms with E-state index < -0.39 is 0 Å². The van der Waals surface area contributed by atoms with Gasteiger partial charge in [-0.1, -0.05) is 42.0 Å². The normalized spacial score (nSPS) is 12.1. The number of fused-ring (bicyclic) bond motifs is 1. The summed E-state index contributed by atoms with van der Waals surface area (Å²) >= 11 is 0. The maximum absolute atomic E-state index is 11.0. The van der Waals surface area contributed by atoms with Gasteiger partial charge < -0.3 is 10.4 Å². The second-order valence-corrected chi connectivity index (χ2v) is 7.23.